The molecule has 0 spiro atoms. The van der Waals surface area contributed by atoms with Crippen LogP contribution in [0.4, 0.5) is 0 Å². The number of benzene rings is 2. The molecule has 4 rings (SSSR count). The van der Waals surface area contributed by atoms with Gasteiger partial charge >= 0.3 is 5.13 Å². The Balaban J connectivity index is 0.000000555. The second-order valence-electron chi connectivity index (χ2n) is 6.64. The van der Waals surface area contributed by atoms with Crippen molar-refractivity contribution >= 4 is 21.4 Å². The molecule has 0 aliphatic heterocycles. The van der Waals surface area contributed by atoms with Crippen LogP contribution in [-0.4, -0.2) is 18.6 Å². The van der Waals surface area contributed by atoms with Crippen molar-refractivity contribution in [3.8, 4) is 27.6 Å². The summed E-state index contributed by atoms with van der Waals surface area (Å²) in [6.45, 7) is 2.03. The van der Waals surface area contributed by atoms with Gasteiger partial charge in [-0.05, 0) is 41.1 Å². The van der Waals surface area contributed by atoms with Gasteiger partial charge in [0.05, 0.1) is 5.10 Å². The van der Waals surface area contributed by atoms with Crippen LogP contribution >= 0.6 is 11.3 Å². The third kappa shape index (κ3) is 6.83. The van der Waals surface area contributed by atoms with Gasteiger partial charge in [-0.3, -0.25) is 0 Å². The lowest BCUT2D eigenvalue weighted by atomic mass is 10.0. The van der Waals surface area contributed by atoms with Gasteiger partial charge in [-0.25, -0.2) is 32.2 Å². The number of nitrogens with two attached hydrogens (primary N) is 1. The average Bonchev–Trinajstić information content (AvgIpc) is 3.24. The zero-order valence-corrected chi connectivity index (χ0v) is 19.4. The van der Waals surface area contributed by atoms with Crippen LogP contribution in [0.15, 0.2) is 77.1 Å². The quantitative estimate of drug-likeness (QED) is 0.318. The zero-order valence-electron chi connectivity index (χ0n) is 17.0. The molecule has 0 saturated heterocycles. The molecule has 0 saturated carbocycles. The molecule has 0 atom stereocenters. The molecule has 4 aromatic rings. The van der Waals surface area contributed by atoms with E-state index in [1.807, 2.05) is 84.3 Å². The van der Waals surface area contributed by atoms with Crippen molar-refractivity contribution in [2.45, 2.75) is 11.3 Å². The van der Waals surface area contributed by atoms with E-state index in [4.69, 9.17) is 23.8 Å². The standard InChI is InChI=1S/C20H17N4O2S2.ClHO4/c1-14-12-17(15-8-4-2-5-9-15)24(18(13-14)16-10-6-3-7-11-16)19-22-23-20(27-19)28(21,25)26;2-1(3,4)5/h2-13H,1H3,(H2,21,25,26);(H,2,3,4,5)/q+1;/p-1. The number of nitrogens with zero attached hydrogens (tertiary/aromatic N) is 3. The number of hydrogen-bond acceptors (Lipinski definition) is 9. The van der Waals surface area contributed by atoms with Crippen LogP contribution in [0.2, 0.25) is 0 Å². The van der Waals surface area contributed by atoms with Gasteiger partial charge in [0.25, 0.3) is 14.4 Å². The second-order valence-corrected chi connectivity index (χ2v) is 10.1. The van der Waals surface area contributed by atoms with Crippen molar-refractivity contribution in [3.05, 3.63) is 78.4 Å². The summed E-state index contributed by atoms with van der Waals surface area (Å²) in [6.07, 6.45) is 0. The molecule has 33 heavy (non-hydrogen) atoms. The fraction of sp³-hybridized carbons (Fsp3) is 0.0500. The Hall–Kier alpha value is -2.81. The van der Waals surface area contributed by atoms with Crippen LogP contribution in [0.3, 0.4) is 0 Å². The average molecular weight is 509 g/mol. The van der Waals surface area contributed by atoms with E-state index in [0.29, 0.717) is 5.13 Å². The molecular weight excluding hydrogens is 492 g/mol. The van der Waals surface area contributed by atoms with Crippen molar-refractivity contribution in [2.24, 2.45) is 5.14 Å². The summed E-state index contributed by atoms with van der Waals surface area (Å²) < 4.78 is 59.1. The molecule has 2 N–H and O–H groups in total. The van der Waals surface area contributed by atoms with E-state index in [9.17, 15) is 8.42 Å². The van der Waals surface area contributed by atoms with Crippen LogP contribution in [0, 0.1) is 17.2 Å². The smallest absolute Gasteiger partial charge is 0.222 e. The van der Waals surface area contributed by atoms with Crippen LogP contribution in [-0.2, 0) is 10.0 Å². The molecule has 2 aromatic carbocycles. The molecular formula is C20H17ClN4O6S2. The lowest BCUT2D eigenvalue weighted by Crippen LogP contribution is -2.68. The summed E-state index contributed by atoms with van der Waals surface area (Å²) in [5.41, 5.74) is 4.81. The van der Waals surface area contributed by atoms with Crippen molar-refractivity contribution in [1.29, 1.82) is 0 Å². The molecule has 0 unspecified atom stereocenters. The maximum absolute atomic E-state index is 11.7. The van der Waals surface area contributed by atoms with Gasteiger partial charge < -0.3 is 0 Å². The second kappa shape index (κ2) is 9.99. The molecule has 13 heteroatoms. The molecule has 0 fully saturated rings. The minimum atomic E-state index is -4.94. The summed E-state index contributed by atoms with van der Waals surface area (Å²) in [4.78, 5) is 0. The molecule has 0 radical (unpaired) electrons. The molecule has 0 aliphatic rings. The van der Waals surface area contributed by atoms with E-state index < -0.39 is 20.3 Å². The summed E-state index contributed by atoms with van der Waals surface area (Å²) >= 11 is 0.944. The first-order chi connectivity index (χ1) is 15.4. The number of aromatic nitrogens is 3. The van der Waals surface area contributed by atoms with Crippen LogP contribution in [0.5, 0.6) is 0 Å². The monoisotopic (exact) mass is 508 g/mol. The van der Waals surface area contributed by atoms with Crippen molar-refractivity contribution in [3.63, 3.8) is 0 Å². The molecule has 172 valence electrons. The number of pyridine rings is 1. The Morgan fingerprint density at radius 2 is 1.27 bits per heavy atom. The summed E-state index contributed by atoms with van der Waals surface area (Å²) in [7, 11) is -8.87. The Labute approximate surface area is 195 Å². The Bertz CT molecular complexity index is 1280. The molecule has 2 aromatic heterocycles. The van der Waals surface area contributed by atoms with E-state index in [-0.39, 0.29) is 4.34 Å². The Morgan fingerprint density at radius 3 is 1.64 bits per heavy atom. The van der Waals surface area contributed by atoms with Crippen LogP contribution < -0.4 is 28.3 Å². The number of primary sulfonamides is 1. The Morgan fingerprint density at radius 1 is 0.848 bits per heavy atom. The van der Waals surface area contributed by atoms with Crippen LogP contribution in [0.1, 0.15) is 5.56 Å². The minimum absolute atomic E-state index is 0.214. The van der Waals surface area contributed by atoms with Gasteiger partial charge in [0, 0.05) is 11.1 Å². The predicted molar refractivity (Wildman–Crippen MR) is 108 cm³/mol. The number of sulfonamides is 1. The minimum Gasteiger partial charge on any atom is -0.222 e. The van der Waals surface area contributed by atoms with Gasteiger partial charge in [0.15, 0.2) is 0 Å². The molecule has 10 nitrogen and oxygen atoms in total. The highest BCUT2D eigenvalue weighted by Crippen LogP contribution is 2.26. The van der Waals surface area contributed by atoms with E-state index in [0.717, 1.165) is 39.4 Å². The number of hydrogen-bond donors (Lipinski definition) is 1. The highest BCUT2D eigenvalue weighted by atomic mass is 35.7. The summed E-state index contributed by atoms with van der Waals surface area (Å²) in [6, 6.07) is 23.8. The topological polar surface area (TPSA) is 182 Å². The zero-order chi connectivity index (χ0) is 24.2. The summed E-state index contributed by atoms with van der Waals surface area (Å²) in [5, 5.41) is 13.6. The van der Waals surface area contributed by atoms with Crippen molar-refractivity contribution in [1.82, 2.24) is 10.2 Å². The van der Waals surface area contributed by atoms with E-state index in [1.165, 1.54) is 0 Å². The van der Waals surface area contributed by atoms with E-state index in [1.54, 1.807) is 0 Å². The van der Waals surface area contributed by atoms with E-state index in [2.05, 4.69) is 10.2 Å². The fourth-order valence-corrected chi connectivity index (χ4v) is 4.44. The summed E-state index contributed by atoms with van der Waals surface area (Å²) in [5.74, 6) is 0. The Kier molecular flexibility index (Phi) is 7.51. The number of rotatable bonds is 4. The molecule has 2 heterocycles. The van der Waals surface area contributed by atoms with E-state index >= 15 is 0 Å². The highest BCUT2D eigenvalue weighted by Gasteiger charge is 2.28. The first-order valence-electron chi connectivity index (χ1n) is 9.09. The van der Waals surface area contributed by atoms with Crippen molar-refractivity contribution in [2.75, 3.05) is 0 Å². The first kappa shape index (κ1) is 24.8. The lowest BCUT2D eigenvalue weighted by molar-refractivity contribution is -2.00. The van der Waals surface area contributed by atoms with Gasteiger partial charge in [-0.2, -0.15) is 4.57 Å². The van der Waals surface area contributed by atoms with Gasteiger partial charge in [-0.1, -0.05) is 60.7 Å². The number of halogens is 1. The third-order valence-electron chi connectivity index (χ3n) is 4.18. The first-order valence-corrected chi connectivity index (χ1v) is 12.7. The maximum Gasteiger partial charge on any atom is 0.416 e. The SMILES string of the molecule is Cc1cc(-c2ccccc2)[n+](-c2nnc(S(N)(=O)=O)s2)c(-c2ccccc2)c1.[O-][Cl+3]([O-])([O-])[O-]. The molecule has 0 amide bonds. The largest absolute Gasteiger partial charge is 0.416 e. The van der Waals surface area contributed by atoms with Gasteiger partial charge in [-0.15, -0.1) is 10.2 Å². The van der Waals surface area contributed by atoms with Crippen molar-refractivity contribution < 1.29 is 41.9 Å². The third-order valence-corrected chi connectivity index (χ3v) is 6.40. The molecule has 0 aliphatic carbocycles. The maximum atomic E-state index is 11.7. The number of aryl methyl sites for hydroxylation is 1. The highest BCUT2D eigenvalue weighted by molar-refractivity contribution is 7.91. The van der Waals surface area contributed by atoms with Gasteiger partial charge in [0.1, 0.15) is 11.4 Å². The lowest BCUT2D eigenvalue weighted by Gasteiger charge is -2.17. The predicted octanol–water partition coefficient (Wildman–Crippen LogP) is -1.65. The molecule has 0 bridgehead atoms. The van der Waals surface area contributed by atoms with Gasteiger partial charge in [0.2, 0.25) is 0 Å². The fourth-order valence-electron chi connectivity index (χ4n) is 2.99. The van der Waals surface area contributed by atoms with Crippen LogP contribution in [0.25, 0.3) is 27.6 Å². The normalized spacial score (nSPS) is 11.6.